The number of hydrogen-bond donors (Lipinski definition) is 2. The lowest BCUT2D eigenvalue weighted by molar-refractivity contribution is -0.116. The minimum Gasteiger partial charge on any atom is -0.321 e. The summed E-state index contributed by atoms with van der Waals surface area (Å²) in [5.41, 5.74) is 0.290. The number of benzene rings is 2. The Morgan fingerprint density at radius 1 is 0.966 bits per heavy atom. The molecule has 0 radical (unpaired) electrons. The molecule has 2 N–H and O–H groups in total. The van der Waals surface area contributed by atoms with E-state index in [1.54, 1.807) is 12.1 Å². The van der Waals surface area contributed by atoms with Crippen LogP contribution < -0.4 is 10.0 Å². The van der Waals surface area contributed by atoms with E-state index in [-0.39, 0.29) is 17.4 Å². The molecule has 2 aromatic carbocycles. The van der Waals surface area contributed by atoms with Crippen molar-refractivity contribution in [2.75, 3.05) is 5.32 Å². The highest BCUT2D eigenvalue weighted by Crippen LogP contribution is 2.21. The second kappa shape index (κ2) is 9.45. The quantitative estimate of drug-likeness (QED) is 0.704. The van der Waals surface area contributed by atoms with Crippen LogP contribution in [0.4, 0.5) is 14.5 Å². The molecule has 5 nitrogen and oxygen atoms in total. The Morgan fingerprint density at radius 3 is 2.21 bits per heavy atom. The molecule has 0 atom stereocenters. The van der Waals surface area contributed by atoms with E-state index in [4.69, 9.17) is 0 Å². The lowest BCUT2D eigenvalue weighted by atomic mass is 9.96. The molecule has 1 aliphatic carbocycles. The van der Waals surface area contributed by atoms with Crippen molar-refractivity contribution < 1.29 is 22.0 Å². The van der Waals surface area contributed by atoms with Crippen LogP contribution in [0, 0.1) is 11.6 Å². The summed E-state index contributed by atoms with van der Waals surface area (Å²) in [6.45, 7) is 0. The van der Waals surface area contributed by atoms with Gasteiger partial charge in [-0.05, 0) is 49.1 Å². The monoisotopic (exact) mass is 422 g/mol. The van der Waals surface area contributed by atoms with Crippen LogP contribution in [-0.2, 0) is 21.2 Å². The van der Waals surface area contributed by atoms with Crippen molar-refractivity contribution >= 4 is 21.6 Å². The summed E-state index contributed by atoms with van der Waals surface area (Å²) in [6.07, 6.45) is 5.25. The van der Waals surface area contributed by atoms with E-state index in [9.17, 15) is 22.0 Å². The zero-order valence-electron chi connectivity index (χ0n) is 16.0. The van der Waals surface area contributed by atoms with Crippen LogP contribution in [0.3, 0.4) is 0 Å². The molecule has 0 heterocycles. The minimum absolute atomic E-state index is 0.0141. The lowest BCUT2D eigenvalue weighted by Gasteiger charge is -2.22. The van der Waals surface area contributed by atoms with Crippen molar-refractivity contribution in [1.29, 1.82) is 0 Å². The Kier molecular flexibility index (Phi) is 6.97. The molecule has 1 amide bonds. The zero-order valence-corrected chi connectivity index (χ0v) is 16.8. The molecular weight excluding hydrogens is 398 g/mol. The Hall–Kier alpha value is -2.32. The number of halogens is 2. The Bertz CT molecular complexity index is 936. The predicted octanol–water partition coefficient (Wildman–Crippen LogP) is 4.15. The van der Waals surface area contributed by atoms with Gasteiger partial charge in [-0.1, -0.05) is 37.5 Å². The molecule has 156 valence electrons. The molecule has 29 heavy (non-hydrogen) atoms. The molecule has 0 unspecified atom stereocenters. The fourth-order valence-electron chi connectivity index (χ4n) is 3.42. The molecule has 0 saturated heterocycles. The highest BCUT2D eigenvalue weighted by molar-refractivity contribution is 7.89. The van der Waals surface area contributed by atoms with Gasteiger partial charge in [0, 0.05) is 12.5 Å². The first kappa shape index (κ1) is 21.4. The molecule has 1 fully saturated rings. The first-order valence-electron chi connectivity index (χ1n) is 9.70. The van der Waals surface area contributed by atoms with E-state index >= 15 is 0 Å². The van der Waals surface area contributed by atoms with Gasteiger partial charge < -0.3 is 5.32 Å². The Labute approximate surface area is 169 Å². The average Bonchev–Trinajstić information content (AvgIpc) is 2.70. The van der Waals surface area contributed by atoms with Crippen molar-refractivity contribution in [2.24, 2.45) is 0 Å². The van der Waals surface area contributed by atoms with Gasteiger partial charge >= 0.3 is 0 Å². The normalized spacial score (nSPS) is 15.2. The van der Waals surface area contributed by atoms with E-state index in [0.29, 0.717) is 6.42 Å². The van der Waals surface area contributed by atoms with Crippen LogP contribution in [0.2, 0.25) is 0 Å². The van der Waals surface area contributed by atoms with E-state index in [2.05, 4.69) is 10.0 Å². The second-order valence-electron chi connectivity index (χ2n) is 7.25. The topological polar surface area (TPSA) is 75.3 Å². The molecule has 3 rings (SSSR count). The number of hydrogen-bond acceptors (Lipinski definition) is 3. The summed E-state index contributed by atoms with van der Waals surface area (Å²) < 4.78 is 54.9. The van der Waals surface area contributed by atoms with Crippen LogP contribution in [0.15, 0.2) is 47.4 Å². The standard InChI is InChI=1S/C21H24F2N2O3S/c22-18-7-4-8-19(23)21(18)24-20(26)14-11-15-9-12-17(13-10-15)29(27,28)25-16-5-2-1-3-6-16/h4,7-10,12-13,16,25H,1-3,5-6,11,14H2,(H,24,26). The largest absolute Gasteiger partial charge is 0.321 e. The van der Waals surface area contributed by atoms with Gasteiger partial charge in [0.1, 0.15) is 17.3 Å². The summed E-state index contributed by atoms with van der Waals surface area (Å²) in [7, 11) is -3.57. The van der Waals surface area contributed by atoms with Gasteiger partial charge in [0.2, 0.25) is 15.9 Å². The lowest BCUT2D eigenvalue weighted by Crippen LogP contribution is -2.36. The van der Waals surface area contributed by atoms with Crippen molar-refractivity contribution in [3.8, 4) is 0 Å². The fraction of sp³-hybridized carbons (Fsp3) is 0.381. The molecule has 0 aliphatic heterocycles. The van der Waals surface area contributed by atoms with Gasteiger partial charge in [0.05, 0.1) is 4.90 Å². The van der Waals surface area contributed by atoms with Crippen molar-refractivity contribution in [3.05, 3.63) is 59.7 Å². The highest BCUT2D eigenvalue weighted by atomic mass is 32.2. The summed E-state index contributed by atoms with van der Waals surface area (Å²) in [6, 6.07) is 9.65. The van der Waals surface area contributed by atoms with Gasteiger partial charge in [-0.2, -0.15) is 0 Å². The average molecular weight is 422 g/mol. The van der Waals surface area contributed by atoms with Gasteiger partial charge in [0.25, 0.3) is 0 Å². The number of carbonyl (C=O) groups is 1. The van der Waals surface area contributed by atoms with Crippen molar-refractivity contribution in [3.63, 3.8) is 0 Å². The summed E-state index contributed by atoms with van der Waals surface area (Å²) >= 11 is 0. The van der Waals surface area contributed by atoms with E-state index in [0.717, 1.165) is 49.8 Å². The fourth-order valence-corrected chi connectivity index (χ4v) is 4.73. The number of carbonyl (C=O) groups excluding carboxylic acids is 1. The summed E-state index contributed by atoms with van der Waals surface area (Å²) in [4.78, 5) is 12.2. The maximum atomic E-state index is 13.6. The Balaban J connectivity index is 1.55. The van der Waals surface area contributed by atoms with Crippen LogP contribution in [0.1, 0.15) is 44.1 Å². The summed E-state index contributed by atoms with van der Waals surface area (Å²) in [5.74, 6) is -2.19. The molecule has 2 aromatic rings. The van der Waals surface area contributed by atoms with Crippen LogP contribution in [-0.4, -0.2) is 20.4 Å². The molecular formula is C21H24F2N2O3S. The first-order chi connectivity index (χ1) is 13.8. The SMILES string of the molecule is O=C(CCc1ccc(S(=O)(=O)NC2CCCCC2)cc1)Nc1c(F)cccc1F. The molecule has 1 aliphatic rings. The summed E-state index contributed by atoms with van der Waals surface area (Å²) in [5, 5.41) is 2.24. The van der Waals surface area contributed by atoms with Gasteiger partial charge in [0.15, 0.2) is 0 Å². The van der Waals surface area contributed by atoms with E-state index in [1.807, 2.05) is 0 Å². The van der Waals surface area contributed by atoms with Crippen molar-refractivity contribution in [1.82, 2.24) is 4.72 Å². The smallest absolute Gasteiger partial charge is 0.240 e. The number of anilines is 1. The van der Waals surface area contributed by atoms with Gasteiger partial charge in [-0.3, -0.25) is 4.79 Å². The van der Waals surface area contributed by atoms with Crippen LogP contribution >= 0.6 is 0 Å². The number of para-hydroxylation sites is 1. The third kappa shape index (κ3) is 5.83. The molecule has 0 bridgehead atoms. The number of nitrogens with one attached hydrogen (secondary N) is 2. The maximum absolute atomic E-state index is 13.6. The first-order valence-corrected chi connectivity index (χ1v) is 11.2. The Morgan fingerprint density at radius 2 is 1.59 bits per heavy atom. The highest BCUT2D eigenvalue weighted by Gasteiger charge is 2.21. The molecule has 0 aromatic heterocycles. The van der Waals surface area contributed by atoms with Crippen molar-refractivity contribution in [2.45, 2.75) is 55.9 Å². The van der Waals surface area contributed by atoms with E-state index in [1.165, 1.54) is 18.2 Å². The number of sulfonamides is 1. The third-order valence-corrected chi connectivity index (χ3v) is 6.56. The van der Waals surface area contributed by atoms with E-state index < -0.39 is 33.3 Å². The minimum atomic E-state index is -3.57. The van der Waals surface area contributed by atoms with Crippen LogP contribution in [0.25, 0.3) is 0 Å². The molecule has 0 spiro atoms. The third-order valence-electron chi connectivity index (χ3n) is 5.03. The number of amides is 1. The zero-order chi connectivity index (χ0) is 20.9. The maximum Gasteiger partial charge on any atom is 0.240 e. The van der Waals surface area contributed by atoms with Gasteiger partial charge in [-0.15, -0.1) is 0 Å². The number of aryl methyl sites for hydroxylation is 1. The predicted molar refractivity (Wildman–Crippen MR) is 107 cm³/mol. The second-order valence-corrected chi connectivity index (χ2v) is 8.96. The number of rotatable bonds is 7. The van der Waals surface area contributed by atoms with Gasteiger partial charge in [-0.25, -0.2) is 21.9 Å². The molecule has 8 heteroatoms. The molecule has 1 saturated carbocycles. The van der Waals surface area contributed by atoms with Crippen LogP contribution in [0.5, 0.6) is 0 Å².